The van der Waals surface area contributed by atoms with Crippen molar-refractivity contribution in [2.75, 3.05) is 33.6 Å². The number of nitrogen functional groups attached to an aromatic ring is 4. The second-order valence-corrected chi connectivity index (χ2v) is 15.9. The maximum atomic E-state index is 11.3. The lowest BCUT2D eigenvalue weighted by atomic mass is 10.1. The molecule has 2 heterocycles. The van der Waals surface area contributed by atoms with E-state index in [0.29, 0.717) is 56.6 Å². The molecule has 0 fully saturated rings. The summed E-state index contributed by atoms with van der Waals surface area (Å²) in [4.78, 5) is 36.9. The lowest BCUT2D eigenvalue weighted by Crippen LogP contribution is -2.03. The number of nitrogens with one attached hydrogen (secondary N) is 2. The molecule has 0 unspecified atom stereocenters. The highest BCUT2D eigenvalue weighted by molar-refractivity contribution is 14.1. The van der Waals surface area contributed by atoms with Crippen LogP contribution < -0.4 is 33.6 Å². The van der Waals surface area contributed by atoms with Gasteiger partial charge in [0.1, 0.15) is 11.5 Å². The molecule has 0 saturated heterocycles. The van der Waals surface area contributed by atoms with Gasteiger partial charge in [0.05, 0.1) is 42.6 Å². The summed E-state index contributed by atoms with van der Waals surface area (Å²) >= 11 is 8.38. The number of hydrogen-bond donors (Lipinski definition) is 8. The van der Waals surface area contributed by atoms with E-state index in [4.69, 9.17) is 22.9 Å². The smallest absolute Gasteiger partial charge is 0.228 e. The Bertz CT molecular complexity index is 2200. The first-order chi connectivity index (χ1) is 24.6. The predicted molar refractivity (Wildman–Crippen MR) is 241 cm³/mol. The van der Waals surface area contributed by atoms with Crippen LogP contribution in [0.1, 0.15) is 27.0 Å². The summed E-state index contributed by atoms with van der Waals surface area (Å²) in [5.41, 5.74) is 29.6. The fraction of sp³-hybridized carbons (Fsp3) is 0.0556. The topological polar surface area (TPSA) is 232 Å². The maximum Gasteiger partial charge on any atom is 0.228 e. The zero-order valence-corrected chi connectivity index (χ0v) is 35.6. The number of aromatic hydroxyl groups is 2. The molecule has 12 N–H and O–H groups in total. The lowest BCUT2D eigenvalue weighted by Gasteiger charge is -2.03. The number of carbonyl (C=O) groups is 3. The normalized spacial score (nSPS) is 12.2. The van der Waals surface area contributed by atoms with Crippen LogP contribution in [0.3, 0.4) is 0 Å². The number of nitrogens with two attached hydrogens (primary N) is 4. The fourth-order valence-electron chi connectivity index (χ4n) is 4.61. The number of anilines is 6. The zero-order valence-electron chi connectivity index (χ0n) is 27.0. The largest absolute Gasteiger partial charge is 0.506 e. The van der Waals surface area contributed by atoms with E-state index in [1.807, 2.05) is 65.1 Å². The van der Waals surface area contributed by atoms with Crippen molar-refractivity contribution < 1.29 is 24.6 Å². The van der Waals surface area contributed by atoms with Crippen LogP contribution in [-0.2, 0) is 22.4 Å². The fourth-order valence-corrected chi connectivity index (χ4v) is 8.39. The highest BCUT2D eigenvalue weighted by Gasteiger charge is 2.18. The third-order valence-electron chi connectivity index (χ3n) is 7.18. The van der Waals surface area contributed by atoms with Crippen LogP contribution >= 0.6 is 90.4 Å². The highest BCUT2D eigenvalue weighted by atomic mass is 127. The van der Waals surface area contributed by atoms with Crippen LogP contribution in [0.5, 0.6) is 11.5 Å². The Balaban J connectivity index is 0.000000166. The van der Waals surface area contributed by atoms with Crippen molar-refractivity contribution in [3.63, 3.8) is 0 Å². The van der Waals surface area contributed by atoms with E-state index in [1.165, 1.54) is 0 Å². The number of fused-ring (bicyclic) bond motifs is 2. The number of aliphatic imine (C=N–C) groups is 1. The van der Waals surface area contributed by atoms with Gasteiger partial charge in [0.2, 0.25) is 11.8 Å². The molecule has 2 aliphatic heterocycles. The molecule has 2 amide bonds. The second-order valence-electron chi connectivity index (χ2n) is 11.1. The molecule has 5 aromatic carbocycles. The summed E-state index contributed by atoms with van der Waals surface area (Å²) in [6.45, 7) is 0. The third-order valence-corrected chi connectivity index (χ3v) is 10.1. The molecular weight excluding hydrogens is 1120 g/mol. The summed E-state index contributed by atoms with van der Waals surface area (Å²) < 4.78 is 3.49. The Morgan fingerprint density at radius 1 is 0.615 bits per heavy atom. The minimum Gasteiger partial charge on any atom is -0.506 e. The zero-order chi connectivity index (χ0) is 38.1. The molecule has 0 bridgehead atoms. The molecule has 52 heavy (non-hydrogen) atoms. The molecule has 2 aliphatic rings. The quantitative estimate of drug-likeness (QED) is 0.0387. The van der Waals surface area contributed by atoms with E-state index in [-0.39, 0.29) is 23.3 Å². The average Bonchev–Trinajstić information content (AvgIpc) is 3.65. The number of amides is 2. The monoisotopic (exact) mass is 1150 g/mol. The van der Waals surface area contributed by atoms with E-state index in [0.717, 1.165) is 38.9 Å². The van der Waals surface area contributed by atoms with Crippen LogP contribution in [0.25, 0.3) is 0 Å². The Labute approximate surface area is 353 Å². The van der Waals surface area contributed by atoms with Crippen LogP contribution in [0.15, 0.2) is 83.9 Å². The first-order valence-corrected chi connectivity index (χ1v) is 19.3. The number of phenolic OH excluding ortho intramolecular Hbond substituents is 2. The van der Waals surface area contributed by atoms with Crippen molar-refractivity contribution in [2.45, 2.75) is 12.8 Å². The van der Waals surface area contributed by atoms with Gasteiger partial charge >= 0.3 is 0 Å². The first kappa shape index (κ1) is 40.9. The van der Waals surface area contributed by atoms with E-state index in [1.54, 1.807) is 42.6 Å². The number of rotatable bonds is 3. The minimum absolute atomic E-state index is 0.0101. The number of benzene rings is 5. The van der Waals surface area contributed by atoms with Gasteiger partial charge in [-0.25, -0.2) is 0 Å². The molecular formula is C36H31I4N7O5. The van der Waals surface area contributed by atoms with E-state index >= 15 is 0 Å². The van der Waals surface area contributed by atoms with Gasteiger partial charge in [-0.2, -0.15) is 0 Å². The number of carbonyl (C=O) groups excluding carboxylic acids is 3. The first-order valence-electron chi connectivity index (χ1n) is 15.0. The van der Waals surface area contributed by atoms with Crippen molar-refractivity contribution in [1.29, 1.82) is 0 Å². The summed E-state index contributed by atoms with van der Waals surface area (Å²) in [5.74, 6) is 0.358. The average molecular weight is 1150 g/mol. The molecule has 7 rings (SSSR count). The number of hydrogen-bond acceptors (Lipinski definition) is 10. The van der Waals surface area contributed by atoms with Crippen LogP contribution in [0.4, 0.5) is 39.8 Å². The molecule has 0 radical (unpaired) electrons. The Morgan fingerprint density at radius 2 is 1.12 bits per heavy atom. The minimum atomic E-state index is 0.0101. The van der Waals surface area contributed by atoms with Crippen molar-refractivity contribution in [3.05, 3.63) is 115 Å². The van der Waals surface area contributed by atoms with Crippen molar-refractivity contribution in [3.8, 4) is 11.5 Å². The summed E-state index contributed by atoms with van der Waals surface area (Å²) in [5, 5.41) is 24.8. The highest BCUT2D eigenvalue weighted by Crippen LogP contribution is 2.30. The molecule has 0 atom stereocenters. The summed E-state index contributed by atoms with van der Waals surface area (Å²) in [7, 11) is 0. The SMILES string of the molecule is Nc1ccc(N)c(N)c1.Nc1ccc2c(c1)NC(=O)C2.O=C1Cc2ccc(N=Cc3cc(I)cc(I)c3O)cc2N1.O=Cc1cc(I)cc(I)c1O. The van der Waals surface area contributed by atoms with Crippen LogP contribution in [-0.4, -0.2) is 34.5 Å². The van der Waals surface area contributed by atoms with E-state index in [9.17, 15) is 24.6 Å². The predicted octanol–water partition coefficient (Wildman–Crippen LogP) is 7.46. The maximum absolute atomic E-state index is 11.3. The van der Waals surface area contributed by atoms with Gasteiger partial charge in [-0.15, -0.1) is 0 Å². The molecule has 0 saturated carbocycles. The van der Waals surface area contributed by atoms with Gasteiger partial charge in [0.25, 0.3) is 0 Å². The van der Waals surface area contributed by atoms with E-state index < -0.39 is 0 Å². The lowest BCUT2D eigenvalue weighted by molar-refractivity contribution is -0.115. The van der Waals surface area contributed by atoms with Gasteiger partial charge in [0, 0.05) is 41.7 Å². The molecule has 12 nitrogen and oxygen atoms in total. The molecule has 0 spiro atoms. The third kappa shape index (κ3) is 11.6. The Kier molecular flexibility index (Phi) is 14.7. The molecule has 0 aliphatic carbocycles. The molecule has 5 aromatic rings. The van der Waals surface area contributed by atoms with Gasteiger partial charge in [-0.05, 0) is 168 Å². The number of nitrogens with zero attached hydrogens (tertiary/aromatic N) is 1. The van der Waals surface area contributed by atoms with Crippen LogP contribution in [0, 0.1) is 14.3 Å². The van der Waals surface area contributed by atoms with Crippen molar-refractivity contribution in [2.24, 2.45) is 4.99 Å². The molecule has 268 valence electrons. The number of aldehydes is 1. The number of phenols is 2. The van der Waals surface area contributed by atoms with Gasteiger partial charge in [0.15, 0.2) is 6.29 Å². The van der Waals surface area contributed by atoms with Crippen LogP contribution in [0.2, 0.25) is 0 Å². The molecule has 16 heteroatoms. The van der Waals surface area contributed by atoms with Gasteiger partial charge in [-0.1, -0.05) is 12.1 Å². The summed E-state index contributed by atoms with van der Waals surface area (Å²) in [6.07, 6.45) is 3.20. The van der Waals surface area contributed by atoms with E-state index in [2.05, 4.69) is 83.4 Å². The van der Waals surface area contributed by atoms with Crippen molar-refractivity contribution in [1.82, 2.24) is 0 Å². The molecule has 0 aromatic heterocycles. The van der Waals surface area contributed by atoms with Gasteiger partial charge in [-0.3, -0.25) is 19.4 Å². The van der Waals surface area contributed by atoms with Crippen molar-refractivity contribution >= 4 is 154 Å². The Morgan fingerprint density at radius 3 is 1.67 bits per heavy atom. The second kappa shape index (κ2) is 18.7. The van der Waals surface area contributed by atoms with Gasteiger partial charge < -0.3 is 43.8 Å². The standard InChI is InChI=1S/C15H10I2N2O2.C8H8N2O.C7H4I2O2.C6H9N3/c16-10-3-9(15(21)12(17)5-10)7-18-11-2-1-8-4-14(20)19-13(8)6-11;9-6-2-1-5-3-8(11)10-7(5)4-6;8-5-1-4(3-10)7(11)6(9)2-5;7-4-1-2-5(8)6(9)3-4/h1-3,5-7,21H,4H2,(H,19,20);1-2,4H,3,9H2,(H,10,11);1-3,11H;1-3H,7-9H2. The summed E-state index contributed by atoms with van der Waals surface area (Å²) in [6, 6.07) is 23.3. The Hall–Kier alpha value is -3.90. The number of halogens is 4.